The molecular weight excluding hydrogens is 374 g/mol. The average molecular weight is 397 g/mol. The summed E-state index contributed by atoms with van der Waals surface area (Å²) in [6.45, 7) is 4.23. The van der Waals surface area contributed by atoms with Crippen molar-refractivity contribution in [3.8, 4) is 5.75 Å². The van der Waals surface area contributed by atoms with E-state index in [9.17, 15) is 4.79 Å². The molecule has 0 aliphatic heterocycles. The number of nitrogens with two attached hydrogens (primary N) is 1. The summed E-state index contributed by atoms with van der Waals surface area (Å²) in [6.07, 6.45) is 0. The molecule has 0 aliphatic rings. The maximum absolute atomic E-state index is 13.0. The zero-order valence-corrected chi connectivity index (χ0v) is 17.0. The number of rotatable bonds is 5. The number of pyridine rings is 1. The van der Waals surface area contributed by atoms with Crippen molar-refractivity contribution >= 4 is 28.2 Å². The molecular formula is C25H23N3O2. The lowest BCUT2D eigenvalue weighted by Crippen LogP contribution is -2.15. The molecule has 0 saturated heterocycles. The second-order valence-corrected chi connectivity index (χ2v) is 7.30. The molecule has 1 aromatic heterocycles. The number of anilines is 2. The highest BCUT2D eigenvalue weighted by atomic mass is 16.5. The lowest BCUT2D eigenvalue weighted by molar-refractivity contribution is 0.102. The average Bonchev–Trinajstić information content (AvgIpc) is 2.73. The first-order chi connectivity index (χ1) is 14.5. The lowest BCUT2D eigenvalue weighted by atomic mass is 10.1. The Kier molecular flexibility index (Phi) is 5.35. The van der Waals surface area contributed by atoms with Crippen LogP contribution in [0.5, 0.6) is 5.75 Å². The Morgan fingerprint density at radius 2 is 1.83 bits per heavy atom. The van der Waals surface area contributed by atoms with Crippen LogP contribution in [0.1, 0.15) is 27.2 Å². The van der Waals surface area contributed by atoms with Crippen molar-refractivity contribution in [3.63, 3.8) is 0 Å². The van der Waals surface area contributed by atoms with Gasteiger partial charge in [0.1, 0.15) is 12.4 Å². The highest BCUT2D eigenvalue weighted by Gasteiger charge is 2.13. The van der Waals surface area contributed by atoms with Gasteiger partial charge in [-0.15, -0.1) is 0 Å². The van der Waals surface area contributed by atoms with Crippen LogP contribution in [0.4, 0.5) is 11.4 Å². The summed E-state index contributed by atoms with van der Waals surface area (Å²) in [5.74, 6) is 0.578. The molecule has 3 N–H and O–H groups in total. The third-order valence-corrected chi connectivity index (χ3v) is 4.87. The highest BCUT2D eigenvalue weighted by molar-refractivity contribution is 6.06. The molecule has 0 fully saturated rings. The van der Waals surface area contributed by atoms with Crippen LogP contribution in [0.15, 0.2) is 72.8 Å². The normalized spacial score (nSPS) is 10.7. The summed E-state index contributed by atoms with van der Waals surface area (Å²) < 4.78 is 5.89. The van der Waals surface area contributed by atoms with Gasteiger partial charge in [0.25, 0.3) is 5.91 Å². The first-order valence-electron chi connectivity index (χ1n) is 9.75. The SMILES string of the molecule is Cc1cccc(OCc2ccccc2C(=O)Nc2ccc3nc(C)cc(N)c3c2)c1. The largest absolute Gasteiger partial charge is 0.489 e. The number of benzene rings is 3. The maximum atomic E-state index is 13.0. The smallest absolute Gasteiger partial charge is 0.256 e. The van der Waals surface area contributed by atoms with E-state index >= 15 is 0 Å². The molecule has 30 heavy (non-hydrogen) atoms. The summed E-state index contributed by atoms with van der Waals surface area (Å²) in [6, 6.07) is 22.6. The van der Waals surface area contributed by atoms with Crippen molar-refractivity contribution in [3.05, 3.63) is 95.2 Å². The fourth-order valence-electron chi connectivity index (χ4n) is 3.40. The van der Waals surface area contributed by atoms with Crippen molar-refractivity contribution in [2.75, 3.05) is 11.1 Å². The van der Waals surface area contributed by atoms with Crippen molar-refractivity contribution in [1.29, 1.82) is 0 Å². The maximum Gasteiger partial charge on any atom is 0.256 e. The summed E-state index contributed by atoms with van der Waals surface area (Å²) in [7, 11) is 0. The fourth-order valence-corrected chi connectivity index (χ4v) is 3.40. The Balaban J connectivity index is 1.54. The van der Waals surface area contributed by atoms with Gasteiger partial charge in [-0.3, -0.25) is 9.78 Å². The molecule has 0 aliphatic carbocycles. The van der Waals surface area contributed by atoms with Crippen LogP contribution in [0, 0.1) is 13.8 Å². The monoisotopic (exact) mass is 397 g/mol. The zero-order chi connectivity index (χ0) is 21.1. The van der Waals surface area contributed by atoms with Crippen LogP contribution in [-0.4, -0.2) is 10.9 Å². The third-order valence-electron chi connectivity index (χ3n) is 4.87. The Morgan fingerprint density at radius 3 is 2.67 bits per heavy atom. The summed E-state index contributed by atoms with van der Waals surface area (Å²) >= 11 is 0. The van der Waals surface area contributed by atoms with Gasteiger partial charge in [-0.25, -0.2) is 0 Å². The number of nitrogens with zero attached hydrogens (tertiary/aromatic N) is 1. The van der Waals surface area contributed by atoms with E-state index in [0.717, 1.165) is 33.5 Å². The lowest BCUT2D eigenvalue weighted by Gasteiger charge is -2.12. The quantitative estimate of drug-likeness (QED) is 0.481. The van der Waals surface area contributed by atoms with E-state index in [1.165, 1.54) is 0 Å². The molecule has 0 atom stereocenters. The van der Waals surface area contributed by atoms with E-state index < -0.39 is 0 Å². The Morgan fingerprint density at radius 1 is 1.00 bits per heavy atom. The van der Waals surface area contributed by atoms with Gasteiger partial charge in [-0.2, -0.15) is 0 Å². The number of hydrogen-bond acceptors (Lipinski definition) is 4. The van der Waals surface area contributed by atoms with Gasteiger partial charge >= 0.3 is 0 Å². The van der Waals surface area contributed by atoms with Crippen LogP contribution in [-0.2, 0) is 6.61 Å². The van der Waals surface area contributed by atoms with E-state index in [2.05, 4.69) is 10.3 Å². The van der Waals surface area contributed by atoms with E-state index in [1.54, 1.807) is 6.07 Å². The van der Waals surface area contributed by atoms with Gasteiger partial charge in [0.2, 0.25) is 0 Å². The number of hydrogen-bond donors (Lipinski definition) is 2. The molecule has 4 aromatic rings. The third kappa shape index (κ3) is 4.25. The predicted molar refractivity (Wildman–Crippen MR) is 121 cm³/mol. The second kappa shape index (κ2) is 8.25. The minimum absolute atomic E-state index is 0.198. The number of aryl methyl sites for hydroxylation is 2. The molecule has 0 unspecified atom stereocenters. The van der Waals surface area contributed by atoms with Crippen LogP contribution in [0.2, 0.25) is 0 Å². The van der Waals surface area contributed by atoms with Gasteiger partial charge < -0.3 is 15.8 Å². The molecule has 0 radical (unpaired) electrons. The first-order valence-corrected chi connectivity index (χ1v) is 9.75. The zero-order valence-electron chi connectivity index (χ0n) is 17.0. The Bertz CT molecular complexity index is 1230. The molecule has 0 spiro atoms. The van der Waals surface area contributed by atoms with Crippen LogP contribution in [0.25, 0.3) is 10.9 Å². The van der Waals surface area contributed by atoms with Crippen LogP contribution < -0.4 is 15.8 Å². The predicted octanol–water partition coefficient (Wildman–Crippen LogP) is 5.27. The summed E-state index contributed by atoms with van der Waals surface area (Å²) in [5.41, 5.74) is 11.6. The number of nitrogen functional groups attached to an aromatic ring is 1. The molecule has 1 heterocycles. The number of amides is 1. The number of carbonyl (C=O) groups excluding carboxylic acids is 1. The molecule has 0 bridgehead atoms. The number of nitrogens with one attached hydrogen (secondary N) is 1. The van der Waals surface area contributed by atoms with Gasteiger partial charge in [0.05, 0.1) is 5.52 Å². The summed E-state index contributed by atoms with van der Waals surface area (Å²) in [5, 5.41) is 3.78. The van der Waals surface area contributed by atoms with E-state index in [0.29, 0.717) is 23.5 Å². The molecule has 5 nitrogen and oxygen atoms in total. The molecule has 4 rings (SSSR count). The minimum Gasteiger partial charge on any atom is -0.489 e. The number of fused-ring (bicyclic) bond motifs is 1. The van der Waals surface area contributed by atoms with Crippen molar-refractivity contribution in [2.24, 2.45) is 0 Å². The molecule has 0 saturated carbocycles. The van der Waals surface area contributed by atoms with Crippen LogP contribution >= 0.6 is 0 Å². The van der Waals surface area contributed by atoms with E-state index in [1.807, 2.05) is 80.6 Å². The molecule has 150 valence electrons. The van der Waals surface area contributed by atoms with E-state index in [-0.39, 0.29) is 5.91 Å². The molecule has 1 amide bonds. The highest BCUT2D eigenvalue weighted by Crippen LogP contribution is 2.25. The van der Waals surface area contributed by atoms with Gasteiger partial charge in [-0.05, 0) is 61.9 Å². The number of carbonyl (C=O) groups is 1. The Labute approximate surface area is 175 Å². The topological polar surface area (TPSA) is 77.2 Å². The number of aromatic nitrogens is 1. The number of ether oxygens (including phenoxy) is 1. The summed E-state index contributed by atoms with van der Waals surface area (Å²) in [4.78, 5) is 17.4. The van der Waals surface area contributed by atoms with Crippen molar-refractivity contribution in [1.82, 2.24) is 4.98 Å². The Hall–Kier alpha value is -3.86. The standard InChI is InChI=1S/C25H23N3O2/c1-16-6-5-8-20(12-16)30-15-18-7-3-4-9-21(18)25(29)28-19-10-11-24-22(14-19)23(26)13-17(2)27-24/h3-14H,15H2,1-2H3,(H2,26,27)(H,28,29). The molecule has 5 heteroatoms. The first kappa shape index (κ1) is 19.5. The van der Waals surface area contributed by atoms with Gasteiger partial charge in [0.15, 0.2) is 0 Å². The molecule has 3 aromatic carbocycles. The van der Waals surface area contributed by atoms with Crippen LogP contribution in [0.3, 0.4) is 0 Å². The van der Waals surface area contributed by atoms with Gasteiger partial charge in [0, 0.05) is 33.6 Å². The fraction of sp³-hybridized carbons (Fsp3) is 0.120. The second-order valence-electron chi connectivity index (χ2n) is 7.30. The van der Waals surface area contributed by atoms with E-state index in [4.69, 9.17) is 10.5 Å². The van der Waals surface area contributed by atoms with Crippen molar-refractivity contribution < 1.29 is 9.53 Å². The van der Waals surface area contributed by atoms with Gasteiger partial charge in [-0.1, -0.05) is 30.3 Å². The minimum atomic E-state index is -0.198. The van der Waals surface area contributed by atoms with Crippen molar-refractivity contribution in [2.45, 2.75) is 20.5 Å².